The van der Waals surface area contributed by atoms with E-state index in [-0.39, 0.29) is 29.0 Å². The third kappa shape index (κ3) is 2.94. The van der Waals surface area contributed by atoms with E-state index in [1.165, 1.54) is 24.3 Å². The van der Waals surface area contributed by atoms with Crippen LogP contribution in [0, 0.1) is 5.82 Å². The standard InChI is InChI=1S/C16H23FN2O3/c1-16(2,3)19(15(20)21)9-12(18)8-13(19)10-22-14-6-4-11(17)5-7-14/h4-7,12-13H,8-10,18H2,1-3H3/p+1/t12-,13-,19?/m1/s1. The minimum Gasteiger partial charge on any atom is -0.487 e. The fourth-order valence-corrected chi connectivity index (χ4v) is 3.38. The van der Waals surface area contributed by atoms with E-state index in [0.717, 1.165) is 0 Å². The number of hydrogen-bond acceptors (Lipinski definition) is 3. The van der Waals surface area contributed by atoms with Crippen molar-refractivity contribution in [2.75, 3.05) is 13.2 Å². The van der Waals surface area contributed by atoms with Crippen molar-refractivity contribution in [3.8, 4) is 5.75 Å². The average Bonchev–Trinajstić information content (AvgIpc) is 2.76. The molecule has 1 aliphatic rings. The molecular weight excluding hydrogens is 287 g/mol. The molecule has 0 radical (unpaired) electrons. The van der Waals surface area contributed by atoms with Gasteiger partial charge in [0.1, 0.15) is 36.3 Å². The van der Waals surface area contributed by atoms with Crippen molar-refractivity contribution in [1.29, 1.82) is 0 Å². The first-order valence-corrected chi connectivity index (χ1v) is 7.42. The Morgan fingerprint density at radius 3 is 2.50 bits per heavy atom. The Bertz CT molecular complexity index is 541. The zero-order valence-corrected chi connectivity index (χ0v) is 13.3. The summed E-state index contributed by atoms with van der Waals surface area (Å²) in [7, 11) is 0. The number of ether oxygens (including phenoxy) is 1. The molecule has 1 unspecified atom stereocenters. The fourth-order valence-electron chi connectivity index (χ4n) is 3.38. The molecule has 1 fully saturated rings. The summed E-state index contributed by atoms with van der Waals surface area (Å²) < 4.78 is 18.5. The number of amides is 1. The van der Waals surface area contributed by atoms with Gasteiger partial charge in [-0.2, -0.15) is 4.79 Å². The highest BCUT2D eigenvalue weighted by Gasteiger charge is 2.59. The van der Waals surface area contributed by atoms with Gasteiger partial charge in [-0.1, -0.05) is 0 Å². The fraction of sp³-hybridized carbons (Fsp3) is 0.562. The van der Waals surface area contributed by atoms with Crippen LogP contribution in [0.5, 0.6) is 5.75 Å². The summed E-state index contributed by atoms with van der Waals surface area (Å²) in [5, 5.41) is 9.83. The van der Waals surface area contributed by atoms with E-state index in [2.05, 4.69) is 0 Å². The summed E-state index contributed by atoms with van der Waals surface area (Å²) in [5.74, 6) is 0.194. The zero-order chi connectivity index (χ0) is 16.5. The highest BCUT2D eigenvalue weighted by Crippen LogP contribution is 2.37. The van der Waals surface area contributed by atoms with Gasteiger partial charge in [0, 0.05) is 6.42 Å². The predicted octanol–water partition coefficient (Wildman–Crippen LogP) is 2.60. The number of benzene rings is 1. The summed E-state index contributed by atoms with van der Waals surface area (Å²) in [4.78, 5) is 12.0. The molecule has 0 saturated carbocycles. The average molecular weight is 311 g/mol. The second-order valence-corrected chi connectivity index (χ2v) is 6.92. The van der Waals surface area contributed by atoms with Crippen molar-refractivity contribution in [2.24, 2.45) is 5.73 Å². The molecule has 0 aromatic heterocycles. The Morgan fingerprint density at radius 2 is 2.00 bits per heavy atom. The van der Waals surface area contributed by atoms with Gasteiger partial charge in [-0.3, -0.25) is 0 Å². The lowest BCUT2D eigenvalue weighted by molar-refractivity contribution is -0.914. The second kappa shape index (κ2) is 5.85. The van der Waals surface area contributed by atoms with E-state index in [0.29, 0.717) is 18.7 Å². The van der Waals surface area contributed by atoms with E-state index in [1.807, 2.05) is 20.8 Å². The summed E-state index contributed by atoms with van der Waals surface area (Å²) in [6.45, 7) is 6.34. The van der Waals surface area contributed by atoms with E-state index in [9.17, 15) is 14.3 Å². The van der Waals surface area contributed by atoms with Crippen LogP contribution in [0.15, 0.2) is 24.3 Å². The number of halogens is 1. The Balaban J connectivity index is 2.20. The summed E-state index contributed by atoms with van der Waals surface area (Å²) in [6, 6.07) is 5.31. The van der Waals surface area contributed by atoms with Crippen LogP contribution < -0.4 is 10.5 Å². The molecule has 1 aromatic carbocycles. The van der Waals surface area contributed by atoms with Gasteiger partial charge in [0.15, 0.2) is 0 Å². The lowest BCUT2D eigenvalue weighted by Crippen LogP contribution is -2.67. The minimum absolute atomic E-state index is 0.116. The summed E-state index contributed by atoms with van der Waals surface area (Å²) in [6.07, 6.45) is -0.293. The topological polar surface area (TPSA) is 72.5 Å². The van der Waals surface area contributed by atoms with Gasteiger partial charge in [-0.05, 0) is 45.0 Å². The Kier molecular flexibility index (Phi) is 4.44. The number of carboxylic acid groups (broad SMARTS) is 1. The van der Waals surface area contributed by atoms with Crippen LogP contribution in [0.25, 0.3) is 0 Å². The highest BCUT2D eigenvalue weighted by atomic mass is 19.1. The van der Waals surface area contributed by atoms with Gasteiger partial charge < -0.3 is 15.6 Å². The second-order valence-electron chi connectivity index (χ2n) is 6.92. The molecule has 1 amide bonds. The van der Waals surface area contributed by atoms with E-state index in [1.54, 1.807) is 0 Å². The zero-order valence-electron chi connectivity index (χ0n) is 13.3. The van der Waals surface area contributed by atoms with Crippen molar-refractivity contribution in [3.63, 3.8) is 0 Å². The molecule has 3 N–H and O–H groups in total. The van der Waals surface area contributed by atoms with Crippen LogP contribution in [0.2, 0.25) is 0 Å². The Labute approximate surface area is 130 Å². The maximum absolute atomic E-state index is 12.9. The number of hydrogen-bond donors (Lipinski definition) is 2. The first-order chi connectivity index (χ1) is 10.2. The normalized spacial score (nSPS) is 28.6. The number of likely N-dealkylation sites (tertiary alicyclic amines) is 1. The third-order valence-electron chi connectivity index (χ3n) is 4.52. The van der Waals surface area contributed by atoms with Crippen LogP contribution in [0.3, 0.4) is 0 Å². The van der Waals surface area contributed by atoms with Gasteiger partial charge in [-0.15, -0.1) is 0 Å². The maximum Gasteiger partial charge on any atom is 0.514 e. The van der Waals surface area contributed by atoms with E-state index in [4.69, 9.17) is 10.5 Å². The number of carbonyl (C=O) groups is 1. The van der Waals surface area contributed by atoms with Crippen LogP contribution in [0.4, 0.5) is 9.18 Å². The Hall–Kier alpha value is -1.66. The number of rotatable bonds is 3. The molecule has 122 valence electrons. The van der Waals surface area contributed by atoms with Crippen LogP contribution >= 0.6 is 0 Å². The molecule has 6 heteroatoms. The molecule has 0 aliphatic carbocycles. The molecule has 1 heterocycles. The highest BCUT2D eigenvalue weighted by molar-refractivity contribution is 5.58. The minimum atomic E-state index is -0.881. The molecule has 0 bridgehead atoms. The van der Waals surface area contributed by atoms with Crippen molar-refractivity contribution in [1.82, 2.24) is 0 Å². The SMILES string of the molecule is CC(C)(C)[N+]1(C(=O)O)C[C@H](N)C[C@@H]1COc1ccc(F)cc1. The smallest absolute Gasteiger partial charge is 0.487 e. The van der Waals surface area contributed by atoms with Gasteiger partial charge >= 0.3 is 6.09 Å². The van der Waals surface area contributed by atoms with Crippen molar-refractivity contribution in [2.45, 2.75) is 44.8 Å². The lowest BCUT2D eigenvalue weighted by atomic mass is 10.00. The van der Waals surface area contributed by atoms with Gasteiger partial charge in [0.25, 0.3) is 0 Å². The summed E-state index contributed by atoms with van der Waals surface area (Å²) >= 11 is 0. The monoisotopic (exact) mass is 311 g/mol. The van der Waals surface area contributed by atoms with Crippen LogP contribution in [-0.2, 0) is 0 Å². The number of quaternary nitrogens is 1. The molecule has 3 atom stereocenters. The van der Waals surface area contributed by atoms with Crippen molar-refractivity contribution < 1.29 is 23.5 Å². The molecule has 22 heavy (non-hydrogen) atoms. The largest absolute Gasteiger partial charge is 0.514 e. The lowest BCUT2D eigenvalue weighted by Gasteiger charge is -2.44. The van der Waals surface area contributed by atoms with Crippen molar-refractivity contribution in [3.05, 3.63) is 30.1 Å². The molecule has 1 saturated heterocycles. The predicted molar refractivity (Wildman–Crippen MR) is 81.2 cm³/mol. The van der Waals surface area contributed by atoms with Crippen LogP contribution in [-0.4, -0.2) is 46.5 Å². The number of nitrogens with two attached hydrogens (primary N) is 1. The van der Waals surface area contributed by atoms with Gasteiger partial charge in [0.2, 0.25) is 0 Å². The quantitative estimate of drug-likeness (QED) is 0.842. The molecule has 1 aromatic rings. The molecule has 5 nitrogen and oxygen atoms in total. The third-order valence-corrected chi connectivity index (χ3v) is 4.52. The molecule has 0 spiro atoms. The molecular formula is C16H24FN2O3+. The van der Waals surface area contributed by atoms with Crippen LogP contribution in [0.1, 0.15) is 27.2 Å². The summed E-state index contributed by atoms with van der Waals surface area (Å²) in [5.41, 5.74) is 5.55. The van der Waals surface area contributed by atoms with Gasteiger partial charge in [-0.25, -0.2) is 8.87 Å². The number of nitrogens with zero attached hydrogens (tertiary/aromatic N) is 1. The molecule has 1 aliphatic heterocycles. The maximum atomic E-state index is 12.9. The first-order valence-electron chi connectivity index (χ1n) is 7.42. The molecule has 2 rings (SSSR count). The van der Waals surface area contributed by atoms with E-state index < -0.39 is 11.6 Å². The van der Waals surface area contributed by atoms with Crippen molar-refractivity contribution >= 4 is 6.09 Å². The van der Waals surface area contributed by atoms with E-state index >= 15 is 0 Å². The van der Waals surface area contributed by atoms with Gasteiger partial charge in [0.05, 0.1) is 6.04 Å². The first kappa shape index (κ1) is 16.7. The Morgan fingerprint density at radius 1 is 1.41 bits per heavy atom.